The molecule has 0 saturated heterocycles. The molecule has 6 heteroatoms. The molecule has 2 rings (SSSR count). The van der Waals surface area contributed by atoms with Crippen LogP contribution in [0.4, 0.5) is 0 Å². The molecule has 2 aromatic rings. The monoisotopic (exact) mass is 255 g/mol. The average Bonchev–Trinajstić information content (AvgIpc) is 2.94. The van der Waals surface area contributed by atoms with E-state index in [9.17, 15) is 0 Å². The summed E-state index contributed by atoms with van der Waals surface area (Å²) in [5.41, 5.74) is 6.43. The van der Waals surface area contributed by atoms with Crippen molar-refractivity contribution in [1.82, 2.24) is 10.1 Å². The van der Waals surface area contributed by atoms with E-state index in [-0.39, 0.29) is 0 Å². The Kier molecular flexibility index (Phi) is 4.38. The summed E-state index contributed by atoms with van der Waals surface area (Å²) >= 11 is 3.40. The number of thiophene rings is 1. The Morgan fingerprint density at radius 2 is 2.44 bits per heavy atom. The summed E-state index contributed by atoms with van der Waals surface area (Å²) < 4.78 is 5.16. The lowest BCUT2D eigenvalue weighted by atomic mass is 10.3. The Morgan fingerprint density at radius 1 is 1.50 bits per heavy atom. The van der Waals surface area contributed by atoms with E-state index in [2.05, 4.69) is 10.1 Å². The largest absolute Gasteiger partial charge is 0.338 e. The van der Waals surface area contributed by atoms with Crippen molar-refractivity contribution in [2.24, 2.45) is 5.73 Å². The molecule has 0 aliphatic heterocycles. The van der Waals surface area contributed by atoms with Crippen LogP contribution < -0.4 is 5.73 Å². The summed E-state index contributed by atoms with van der Waals surface area (Å²) in [6, 6.07) is 1.99. The van der Waals surface area contributed by atoms with Gasteiger partial charge in [0, 0.05) is 10.9 Å². The average molecular weight is 255 g/mol. The summed E-state index contributed by atoms with van der Waals surface area (Å²) in [6.45, 7) is 0.733. The Balaban J connectivity index is 1.88. The highest BCUT2D eigenvalue weighted by Gasteiger charge is 2.08. The van der Waals surface area contributed by atoms with Gasteiger partial charge in [-0.3, -0.25) is 0 Å². The van der Waals surface area contributed by atoms with E-state index in [0.717, 1.165) is 30.0 Å². The number of nitrogens with two attached hydrogens (primary N) is 1. The molecular weight excluding hydrogens is 242 g/mol. The fourth-order valence-electron chi connectivity index (χ4n) is 1.17. The molecular formula is C10H13N3OS2. The number of aromatic nitrogens is 2. The molecule has 0 aromatic carbocycles. The minimum atomic E-state index is 0.677. The van der Waals surface area contributed by atoms with Crippen molar-refractivity contribution in [1.29, 1.82) is 0 Å². The minimum Gasteiger partial charge on any atom is -0.338 e. The first kappa shape index (κ1) is 11.6. The van der Waals surface area contributed by atoms with Gasteiger partial charge in [0.25, 0.3) is 0 Å². The molecule has 0 fully saturated rings. The molecule has 0 aliphatic carbocycles. The molecule has 2 heterocycles. The number of hydrogen-bond acceptors (Lipinski definition) is 6. The van der Waals surface area contributed by atoms with Gasteiger partial charge in [0.2, 0.25) is 11.7 Å². The predicted octanol–water partition coefficient (Wildman–Crippen LogP) is 2.38. The SMILES string of the molecule is NCCCSCc1nc(-c2ccsc2)no1. The van der Waals surface area contributed by atoms with Crippen LogP contribution in [0.15, 0.2) is 21.3 Å². The third-order valence-corrected chi connectivity index (χ3v) is 3.68. The van der Waals surface area contributed by atoms with Gasteiger partial charge in [-0.2, -0.15) is 28.1 Å². The molecule has 0 amide bonds. The molecule has 2 N–H and O–H groups in total. The normalized spacial score (nSPS) is 10.8. The quantitative estimate of drug-likeness (QED) is 0.803. The molecule has 0 aliphatic rings. The highest BCUT2D eigenvalue weighted by atomic mass is 32.2. The van der Waals surface area contributed by atoms with Gasteiger partial charge in [0.05, 0.1) is 5.75 Å². The van der Waals surface area contributed by atoms with Crippen LogP contribution in [-0.2, 0) is 5.75 Å². The summed E-state index contributed by atoms with van der Waals surface area (Å²) in [4.78, 5) is 4.33. The van der Waals surface area contributed by atoms with Crippen molar-refractivity contribution in [3.8, 4) is 11.4 Å². The maximum Gasteiger partial charge on any atom is 0.236 e. The summed E-state index contributed by atoms with van der Waals surface area (Å²) in [7, 11) is 0. The lowest BCUT2D eigenvalue weighted by Gasteiger charge is -1.94. The third-order valence-electron chi connectivity index (χ3n) is 1.97. The fraction of sp³-hybridized carbons (Fsp3) is 0.400. The number of nitrogens with zero attached hydrogens (tertiary/aromatic N) is 2. The van der Waals surface area contributed by atoms with Crippen LogP contribution in [0.3, 0.4) is 0 Å². The smallest absolute Gasteiger partial charge is 0.236 e. The van der Waals surface area contributed by atoms with Gasteiger partial charge in [0.1, 0.15) is 0 Å². The van der Waals surface area contributed by atoms with Crippen molar-refractivity contribution in [2.45, 2.75) is 12.2 Å². The Hall–Kier alpha value is -0.850. The molecule has 0 unspecified atom stereocenters. The predicted molar refractivity (Wildman–Crippen MR) is 67.4 cm³/mol. The first-order chi connectivity index (χ1) is 7.90. The Morgan fingerprint density at radius 3 is 3.19 bits per heavy atom. The zero-order valence-corrected chi connectivity index (χ0v) is 10.4. The second-order valence-corrected chi connectivity index (χ2v) is 5.10. The molecule has 0 saturated carbocycles. The van der Waals surface area contributed by atoms with E-state index >= 15 is 0 Å². The van der Waals surface area contributed by atoms with E-state index in [1.165, 1.54) is 0 Å². The zero-order chi connectivity index (χ0) is 11.2. The highest BCUT2D eigenvalue weighted by molar-refractivity contribution is 7.98. The van der Waals surface area contributed by atoms with Gasteiger partial charge < -0.3 is 10.3 Å². The van der Waals surface area contributed by atoms with Crippen LogP contribution in [0.1, 0.15) is 12.3 Å². The first-order valence-corrected chi connectivity index (χ1v) is 7.13. The van der Waals surface area contributed by atoms with Gasteiger partial charge in [-0.25, -0.2) is 0 Å². The van der Waals surface area contributed by atoms with E-state index in [1.54, 1.807) is 23.1 Å². The summed E-state index contributed by atoms with van der Waals surface area (Å²) in [5, 5.41) is 7.95. The van der Waals surface area contributed by atoms with Crippen LogP contribution in [0.2, 0.25) is 0 Å². The van der Waals surface area contributed by atoms with Gasteiger partial charge in [-0.05, 0) is 30.2 Å². The van der Waals surface area contributed by atoms with Crippen LogP contribution in [0.25, 0.3) is 11.4 Å². The second kappa shape index (κ2) is 6.03. The Labute approximate surface area is 102 Å². The molecule has 0 bridgehead atoms. The van der Waals surface area contributed by atoms with Crippen molar-refractivity contribution in [3.05, 3.63) is 22.7 Å². The van der Waals surface area contributed by atoms with E-state index < -0.39 is 0 Å². The maximum absolute atomic E-state index is 5.41. The molecule has 0 spiro atoms. The highest BCUT2D eigenvalue weighted by Crippen LogP contribution is 2.20. The van der Waals surface area contributed by atoms with Gasteiger partial charge in [-0.15, -0.1) is 0 Å². The van der Waals surface area contributed by atoms with Gasteiger partial charge >= 0.3 is 0 Å². The minimum absolute atomic E-state index is 0.677. The third kappa shape index (κ3) is 3.07. The van der Waals surface area contributed by atoms with Crippen LogP contribution >= 0.6 is 23.1 Å². The van der Waals surface area contributed by atoms with Crippen molar-refractivity contribution in [3.63, 3.8) is 0 Å². The van der Waals surface area contributed by atoms with Crippen LogP contribution in [0.5, 0.6) is 0 Å². The van der Waals surface area contributed by atoms with Crippen molar-refractivity contribution < 1.29 is 4.52 Å². The lowest BCUT2D eigenvalue weighted by Crippen LogP contribution is -1.99. The van der Waals surface area contributed by atoms with E-state index in [1.807, 2.05) is 16.8 Å². The van der Waals surface area contributed by atoms with E-state index in [0.29, 0.717) is 11.7 Å². The molecule has 0 atom stereocenters. The van der Waals surface area contributed by atoms with Gasteiger partial charge in [0.15, 0.2) is 0 Å². The number of hydrogen-bond donors (Lipinski definition) is 1. The van der Waals surface area contributed by atoms with Crippen LogP contribution in [-0.4, -0.2) is 22.4 Å². The van der Waals surface area contributed by atoms with Crippen molar-refractivity contribution in [2.75, 3.05) is 12.3 Å². The molecule has 2 aromatic heterocycles. The number of rotatable bonds is 6. The topological polar surface area (TPSA) is 64.9 Å². The molecule has 16 heavy (non-hydrogen) atoms. The standard InChI is InChI=1S/C10H13N3OS2/c11-3-1-4-15-7-9-12-10(13-14-9)8-2-5-16-6-8/h2,5-6H,1,3-4,7,11H2. The van der Waals surface area contributed by atoms with Crippen LogP contribution in [0, 0.1) is 0 Å². The van der Waals surface area contributed by atoms with Crippen molar-refractivity contribution >= 4 is 23.1 Å². The maximum atomic E-state index is 5.41. The summed E-state index contributed by atoms with van der Waals surface area (Å²) in [6.07, 6.45) is 1.02. The second-order valence-electron chi connectivity index (χ2n) is 3.22. The molecule has 86 valence electrons. The van der Waals surface area contributed by atoms with E-state index in [4.69, 9.17) is 10.3 Å². The molecule has 0 radical (unpaired) electrons. The zero-order valence-electron chi connectivity index (χ0n) is 8.76. The lowest BCUT2D eigenvalue weighted by molar-refractivity contribution is 0.391. The fourth-order valence-corrected chi connectivity index (χ4v) is 2.61. The molecule has 4 nitrogen and oxygen atoms in total. The van der Waals surface area contributed by atoms with Gasteiger partial charge in [-0.1, -0.05) is 5.16 Å². The first-order valence-electron chi connectivity index (χ1n) is 5.03. The Bertz CT molecular complexity index is 413. The number of thioether (sulfide) groups is 1. The summed E-state index contributed by atoms with van der Waals surface area (Å²) in [5.74, 6) is 3.16.